The molecule has 1 unspecified atom stereocenters. The van der Waals surface area contributed by atoms with Crippen LogP contribution in [0.5, 0.6) is 0 Å². The molecule has 0 aliphatic carbocycles. The number of carbonyl (C=O) groups is 1. The number of carbonyl (C=O) groups excluding carboxylic acids is 1. The van der Waals surface area contributed by atoms with Crippen LogP contribution >= 0.6 is 11.6 Å². The molecule has 3 rings (SSSR count). The molecule has 0 spiro atoms. The quantitative estimate of drug-likeness (QED) is 0.623. The second-order valence-electron chi connectivity index (χ2n) is 7.38. The Morgan fingerprint density at radius 1 is 1.04 bits per heavy atom. The Hall–Kier alpha value is -2.06. The topological polar surface area (TPSA) is 20.3 Å². The molecule has 0 saturated heterocycles. The second kappa shape index (κ2) is 6.34. The average molecular weight is 354 g/mol. The molecule has 1 heterocycles. The first-order valence-corrected chi connectivity index (χ1v) is 9.00. The SMILES string of the molecule is CC1=CC(C)(C)N(C(=O)C(Cl)c2ccccc2)c2cc(C)c(C)cc21. The van der Waals surface area contributed by atoms with E-state index in [1.165, 1.54) is 16.7 Å². The Labute approximate surface area is 155 Å². The van der Waals surface area contributed by atoms with Gasteiger partial charge in [-0.15, -0.1) is 11.6 Å². The maximum absolute atomic E-state index is 13.3. The number of halogens is 1. The molecule has 1 atom stereocenters. The van der Waals surface area contributed by atoms with Gasteiger partial charge in [0.25, 0.3) is 0 Å². The fourth-order valence-electron chi connectivity index (χ4n) is 3.57. The van der Waals surface area contributed by atoms with Gasteiger partial charge in [-0.3, -0.25) is 4.79 Å². The number of amides is 1. The van der Waals surface area contributed by atoms with Gasteiger partial charge in [-0.2, -0.15) is 0 Å². The van der Waals surface area contributed by atoms with Gasteiger partial charge in [-0.1, -0.05) is 36.4 Å². The molecular weight excluding hydrogens is 330 g/mol. The van der Waals surface area contributed by atoms with Gasteiger partial charge in [0.2, 0.25) is 5.91 Å². The summed E-state index contributed by atoms with van der Waals surface area (Å²) < 4.78 is 0. The molecule has 0 saturated carbocycles. The van der Waals surface area contributed by atoms with Crippen molar-refractivity contribution in [2.24, 2.45) is 0 Å². The van der Waals surface area contributed by atoms with E-state index in [1.54, 1.807) is 0 Å². The highest BCUT2D eigenvalue weighted by molar-refractivity contribution is 6.33. The van der Waals surface area contributed by atoms with Crippen LogP contribution in [0.15, 0.2) is 48.5 Å². The zero-order valence-electron chi connectivity index (χ0n) is 15.4. The number of hydrogen-bond donors (Lipinski definition) is 0. The summed E-state index contributed by atoms with van der Waals surface area (Å²) in [7, 11) is 0. The number of fused-ring (bicyclic) bond motifs is 1. The maximum atomic E-state index is 13.3. The highest BCUT2D eigenvalue weighted by Gasteiger charge is 2.38. The fourth-order valence-corrected chi connectivity index (χ4v) is 3.81. The van der Waals surface area contributed by atoms with Crippen molar-refractivity contribution in [3.63, 3.8) is 0 Å². The molecule has 1 aliphatic heterocycles. The lowest BCUT2D eigenvalue weighted by Gasteiger charge is -2.42. The van der Waals surface area contributed by atoms with Gasteiger partial charge >= 0.3 is 0 Å². The minimum Gasteiger partial charge on any atom is -0.301 e. The molecule has 1 aliphatic rings. The van der Waals surface area contributed by atoms with Crippen LogP contribution in [-0.4, -0.2) is 11.4 Å². The summed E-state index contributed by atoms with van der Waals surface area (Å²) in [5.74, 6) is -0.0916. The second-order valence-corrected chi connectivity index (χ2v) is 7.82. The van der Waals surface area contributed by atoms with Crippen LogP contribution < -0.4 is 4.90 Å². The van der Waals surface area contributed by atoms with Crippen molar-refractivity contribution in [2.75, 3.05) is 4.90 Å². The van der Waals surface area contributed by atoms with Crippen LogP contribution in [0.2, 0.25) is 0 Å². The zero-order chi connectivity index (χ0) is 18.4. The first kappa shape index (κ1) is 17.8. The third kappa shape index (κ3) is 3.11. The third-order valence-corrected chi connectivity index (χ3v) is 5.39. The average Bonchev–Trinajstić information content (AvgIpc) is 2.56. The minimum atomic E-state index is -0.707. The van der Waals surface area contributed by atoms with E-state index in [-0.39, 0.29) is 5.91 Å². The highest BCUT2D eigenvalue weighted by Crippen LogP contribution is 2.42. The molecule has 0 radical (unpaired) electrons. The van der Waals surface area contributed by atoms with Crippen molar-refractivity contribution in [3.05, 3.63) is 70.8 Å². The Bertz CT molecular complexity index is 852. The van der Waals surface area contributed by atoms with E-state index in [1.807, 2.05) is 35.2 Å². The molecule has 0 fully saturated rings. The minimum absolute atomic E-state index is 0.0916. The predicted octanol–water partition coefficient (Wildman–Crippen LogP) is 5.81. The van der Waals surface area contributed by atoms with E-state index in [9.17, 15) is 4.79 Å². The van der Waals surface area contributed by atoms with E-state index in [0.717, 1.165) is 16.8 Å². The monoisotopic (exact) mass is 353 g/mol. The fraction of sp³-hybridized carbons (Fsp3) is 0.318. The van der Waals surface area contributed by atoms with Crippen LogP contribution in [-0.2, 0) is 4.79 Å². The number of benzene rings is 2. The van der Waals surface area contributed by atoms with Gasteiger partial charge in [0, 0.05) is 5.56 Å². The summed E-state index contributed by atoms with van der Waals surface area (Å²) in [6, 6.07) is 13.8. The van der Waals surface area contributed by atoms with Crippen molar-refractivity contribution < 1.29 is 4.79 Å². The lowest BCUT2D eigenvalue weighted by molar-refractivity contribution is -0.119. The molecule has 0 aromatic heterocycles. The normalized spacial score (nSPS) is 16.9. The summed E-state index contributed by atoms with van der Waals surface area (Å²) in [5.41, 5.74) is 6.03. The van der Waals surface area contributed by atoms with Crippen LogP contribution in [0.3, 0.4) is 0 Å². The summed E-state index contributed by atoms with van der Waals surface area (Å²) >= 11 is 6.58. The lowest BCUT2D eigenvalue weighted by atomic mass is 9.86. The molecule has 2 aromatic rings. The van der Waals surface area contributed by atoms with Crippen molar-refractivity contribution >= 4 is 28.8 Å². The standard InChI is InChI=1S/C22H24ClNO/c1-14-11-18-16(3)13-22(4,5)24(19(18)12-15(14)2)21(25)20(23)17-9-7-6-8-10-17/h6-13,20H,1-5H3. The van der Waals surface area contributed by atoms with Crippen LogP contribution in [0.4, 0.5) is 5.69 Å². The molecule has 2 aromatic carbocycles. The van der Waals surface area contributed by atoms with E-state index in [0.29, 0.717) is 0 Å². The van der Waals surface area contributed by atoms with Gasteiger partial charge in [-0.25, -0.2) is 0 Å². The Balaban J connectivity index is 2.12. The van der Waals surface area contributed by atoms with E-state index >= 15 is 0 Å². The number of allylic oxidation sites excluding steroid dienone is 1. The summed E-state index contributed by atoms with van der Waals surface area (Å²) in [4.78, 5) is 15.2. The Kier molecular flexibility index (Phi) is 4.51. The maximum Gasteiger partial charge on any atom is 0.250 e. The first-order chi connectivity index (χ1) is 11.7. The number of hydrogen-bond acceptors (Lipinski definition) is 1. The van der Waals surface area contributed by atoms with Gasteiger partial charge < -0.3 is 4.90 Å². The van der Waals surface area contributed by atoms with Crippen molar-refractivity contribution in [2.45, 2.75) is 45.5 Å². The van der Waals surface area contributed by atoms with Gasteiger partial charge in [0.05, 0.1) is 11.2 Å². The summed E-state index contributed by atoms with van der Waals surface area (Å²) in [6.07, 6.45) is 2.15. The molecule has 25 heavy (non-hydrogen) atoms. The van der Waals surface area contributed by atoms with Gasteiger partial charge in [0.1, 0.15) is 5.38 Å². The van der Waals surface area contributed by atoms with Crippen molar-refractivity contribution in [3.8, 4) is 0 Å². The van der Waals surface area contributed by atoms with E-state index in [2.05, 4.69) is 52.8 Å². The van der Waals surface area contributed by atoms with Crippen LogP contribution in [0.1, 0.15) is 48.4 Å². The number of anilines is 1. The molecule has 0 bridgehead atoms. The first-order valence-electron chi connectivity index (χ1n) is 8.56. The van der Waals surface area contributed by atoms with Crippen molar-refractivity contribution in [1.82, 2.24) is 0 Å². The summed E-state index contributed by atoms with van der Waals surface area (Å²) in [5, 5.41) is -0.707. The lowest BCUT2D eigenvalue weighted by Crippen LogP contribution is -2.50. The molecular formula is C22H24ClNO. The molecule has 3 heteroatoms. The molecule has 130 valence electrons. The number of nitrogens with zero attached hydrogens (tertiary/aromatic N) is 1. The van der Waals surface area contributed by atoms with E-state index in [4.69, 9.17) is 11.6 Å². The molecule has 0 N–H and O–H groups in total. The predicted molar refractivity (Wildman–Crippen MR) is 106 cm³/mol. The van der Waals surface area contributed by atoms with Crippen LogP contribution in [0, 0.1) is 13.8 Å². The third-order valence-electron chi connectivity index (χ3n) is 4.95. The Morgan fingerprint density at radius 3 is 2.28 bits per heavy atom. The highest BCUT2D eigenvalue weighted by atomic mass is 35.5. The molecule has 2 nitrogen and oxygen atoms in total. The van der Waals surface area contributed by atoms with Gasteiger partial charge in [0.15, 0.2) is 0 Å². The smallest absolute Gasteiger partial charge is 0.250 e. The number of aryl methyl sites for hydroxylation is 2. The number of alkyl halides is 1. The zero-order valence-corrected chi connectivity index (χ0v) is 16.2. The van der Waals surface area contributed by atoms with E-state index < -0.39 is 10.9 Å². The number of rotatable bonds is 2. The largest absolute Gasteiger partial charge is 0.301 e. The molecule has 1 amide bonds. The Morgan fingerprint density at radius 2 is 1.64 bits per heavy atom. The van der Waals surface area contributed by atoms with Gasteiger partial charge in [-0.05, 0) is 69.0 Å². The van der Waals surface area contributed by atoms with Crippen molar-refractivity contribution in [1.29, 1.82) is 0 Å². The van der Waals surface area contributed by atoms with Crippen LogP contribution in [0.25, 0.3) is 5.57 Å². The summed E-state index contributed by atoms with van der Waals surface area (Å²) in [6.45, 7) is 10.4.